The van der Waals surface area contributed by atoms with E-state index in [-0.39, 0.29) is 24.6 Å². The molecule has 116 valence electrons. The number of hydrogen-bond acceptors (Lipinski definition) is 5. The van der Waals surface area contributed by atoms with Gasteiger partial charge < -0.3 is 9.84 Å². The van der Waals surface area contributed by atoms with Crippen molar-refractivity contribution in [1.82, 2.24) is 9.21 Å². The van der Waals surface area contributed by atoms with Crippen LogP contribution in [0.1, 0.15) is 19.3 Å². The van der Waals surface area contributed by atoms with Crippen molar-refractivity contribution in [1.29, 1.82) is 0 Å². The average Bonchev–Trinajstić information content (AvgIpc) is 2.89. The zero-order valence-electron chi connectivity index (χ0n) is 11.5. The highest BCUT2D eigenvalue weighted by Crippen LogP contribution is 2.20. The van der Waals surface area contributed by atoms with Crippen LogP contribution in [-0.2, 0) is 19.6 Å². The largest absolute Gasteiger partial charge is 0.481 e. The SMILES string of the molecule is O=C(O)CCCS(=O)(=O)N1CCC(N2CCOCC2)C1. The molecular weight excluding hydrogens is 284 g/mol. The highest BCUT2D eigenvalue weighted by molar-refractivity contribution is 7.89. The first kappa shape index (κ1) is 15.7. The minimum Gasteiger partial charge on any atom is -0.481 e. The summed E-state index contributed by atoms with van der Waals surface area (Å²) in [5, 5.41) is 8.56. The molecule has 8 heteroatoms. The highest BCUT2D eigenvalue weighted by atomic mass is 32.2. The molecule has 0 aliphatic carbocycles. The van der Waals surface area contributed by atoms with E-state index in [2.05, 4.69) is 4.90 Å². The summed E-state index contributed by atoms with van der Waals surface area (Å²) < 4.78 is 31.1. The lowest BCUT2D eigenvalue weighted by Crippen LogP contribution is -2.45. The number of hydrogen-bond donors (Lipinski definition) is 1. The van der Waals surface area contributed by atoms with E-state index in [1.165, 1.54) is 4.31 Å². The topological polar surface area (TPSA) is 87.1 Å². The number of aliphatic carboxylic acids is 1. The smallest absolute Gasteiger partial charge is 0.303 e. The molecule has 0 radical (unpaired) electrons. The van der Waals surface area contributed by atoms with Crippen molar-refractivity contribution in [3.05, 3.63) is 0 Å². The molecule has 0 aromatic heterocycles. The highest BCUT2D eigenvalue weighted by Gasteiger charge is 2.34. The van der Waals surface area contributed by atoms with Gasteiger partial charge in [0, 0.05) is 38.6 Å². The molecule has 0 saturated carbocycles. The van der Waals surface area contributed by atoms with Crippen molar-refractivity contribution in [3.8, 4) is 0 Å². The molecule has 1 unspecified atom stereocenters. The fourth-order valence-electron chi connectivity index (χ4n) is 2.74. The second-order valence-electron chi connectivity index (χ2n) is 5.26. The zero-order valence-corrected chi connectivity index (χ0v) is 12.3. The Balaban J connectivity index is 1.82. The molecule has 2 saturated heterocycles. The molecule has 2 rings (SSSR count). The molecule has 0 aromatic carbocycles. The summed E-state index contributed by atoms with van der Waals surface area (Å²) in [5.41, 5.74) is 0. The molecule has 0 aromatic rings. The van der Waals surface area contributed by atoms with Crippen LogP contribution in [0.25, 0.3) is 0 Å². The van der Waals surface area contributed by atoms with Gasteiger partial charge in [-0.25, -0.2) is 12.7 Å². The Bertz CT molecular complexity index is 433. The lowest BCUT2D eigenvalue weighted by Gasteiger charge is -2.32. The molecule has 0 amide bonds. The van der Waals surface area contributed by atoms with Crippen LogP contribution in [0.4, 0.5) is 0 Å². The maximum atomic E-state index is 12.1. The van der Waals surface area contributed by atoms with E-state index in [4.69, 9.17) is 9.84 Å². The number of morpholine rings is 1. The Labute approximate surface area is 119 Å². The summed E-state index contributed by atoms with van der Waals surface area (Å²) in [5.74, 6) is -1.03. The van der Waals surface area contributed by atoms with Crippen molar-refractivity contribution in [2.24, 2.45) is 0 Å². The minimum absolute atomic E-state index is 0.0743. The van der Waals surface area contributed by atoms with E-state index in [1.807, 2.05) is 0 Å². The Hall–Kier alpha value is -0.700. The van der Waals surface area contributed by atoms with E-state index in [0.29, 0.717) is 26.3 Å². The van der Waals surface area contributed by atoms with Crippen molar-refractivity contribution < 1.29 is 23.1 Å². The molecule has 0 bridgehead atoms. The van der Waals surface area contributed by atoms with E-state index in [1.54, 1.807) is 0 Å². The van der Waals surface area contributed by atoms with Gasteiger partial charge in [-0.2, -0.15) is 0 Å². The van der Waals surface area contributed by atoms with E-state index in [0.717, 1.165) is 19.5 Å². The van der Waals surface area contributed by atoms with Crippen LogP contribution >= 0.6 is 0 Å². The summed E-state index contributed by atoms with van der Waals surface area (Å²) in [6.07, 6.45) is 0.925. The fourth-order valence-corrected chi connectivity index (χ4v) is 4.29. The standard InChI is InChI=1S/C12H22N2O5S/c15-12(16)2-1-9-20(17,18)14-4-3-11(10-14)13-5-7-19-8-6-13/h11H,1-10H2,(H,15,16). The van der Waals surface area contributed by atoms with Crippen molar-refractivity contribution in [3.63, 3.8) is 0 Å². The molecule has 2 aliphatic heterocycles. The molecule has 2 heterocycles. The van der Waals surface area contributed by atoms with Gasteiger partial charge in [0.25, 0.3) is 0 Å². The Morgan fingerprint density at radius 3 is 2.60 bits per heavy atom. The van der Waals surface area contributed by atoms with Crippen molar-refractivity contribution >= 4 is 16.0 Å². The normalized spacial score (nSPS) is 25.9. The monoisotopic (exact) mass is 306 g/mol. The number of carboxylic acid groups (broad SMARTS) is 1. The van der Waals surface area contributed by atoms with Crippen LogP contribution in [0, 0.1) is 0 Å². The van der Waals surface area contributed by atoms with Gasteiger partial charge in [-0.3, -0.25) is 9.69 Å². The maximum Gasteiger partial charge on any atom is 0.303 e. The molecule has 0 spiro atoms. The van der Waals surface area contributed by atoms with Crippen LogP contribution in [0.5, 0.6) is 0 Å². The third kappa shape index (κ3) is 4.15. The van der Waals surface area contributed by atoms with Gasteiger partial charge in [0.05, 0.1) is 19.0 Å². The van der Waals surface area contributed by atoms with Gasteiger partial charge in [0.15, 0.2) is 0 Å². The molecule has 1 N–H and O–H groups in total. The van der Waals surface area contributed by atoms with Crippen LogP contribution in [0.3, 0.4) is 0 Å². The van der Waals surface area contributed by atoms with Gasteiger partial charge in [-0.15, -0.1) is 0 Å². The van der Waals surface area contributed by atoms with Crippen LogP contribution in [0.15, 0.2) is 0 Å². The van der Waals surface area contributed by atoms with Gasteiger partial charge in [-0.1, -0.05) is 0 Å². The van der Waals surface area contributed by atoms with Gasteiger partial charge in [0.1, 0.15) is 0 Å². The van der Waals surface area contributed by atoms with Crippen LogP contribution < -0.4 is 0 Å². The zero-order chi connectivity index (χ0) is 14.6. The Kier molecular flexibility index (Phi) is 5.36. The number of rotatable bonds is 6. The van der Waals surface area contributed by atoms with E-state index < -0.39 is 16.0 Å². The number of nitrogens with zero attached hydrogens (tertiary/aromatic N) is 2. The van der Waals surface area contributed by atoms with Crippen molar-refractivity contribution in [2.45, 2.75) is 25.3 Å². The fraction of sp³-hybridized carbons (Fsp3) is 0.917. The second-order valence-corrected chi connectivity index (χ2v) is 7.35. The predicted octanol–water partition coefficient (Wildman–Crippen LogP) is -0.412. The molecule has 20 heavy (non-hydrogen) atoms. The lowest BCUT2D eigenvalue weighted by atomic mass is 10.2. The van der Waals surface area contributed by atoms with Crippen LogP contribution in [0.2, 0.25) is 0 Å². The molecular formula is C12H22N2O5S. The maximum absolute atomic E-state index is 12.1. The molecule has 1 atom stereocenters. The average molecular weight is 306 g/mol. The van der Waals surface area contributed by atoms with Crippen LogP contribution in [-0.4, -0.2) is 79.9 Å². The molecule has 2 fully saturated rings. The van der Waals surface area contributed by atoms with Crippen molar-refractivity contribution in [2.75, 3.05) is 45.1 Å². The first-order valence-corrected chi connectivity index (χ1v) is 8.61. The number of sulfonamides is 1. The number of carboxylic acids is 1. The molecule has 2 aliphatic rings. The number of ether oxygens (including phenoxy) is 1. The third-order valence-corrected chi connectivity index (χ3v) is 5.80. The second kappa shape index (κ2) is 6.84. The van der Waals surface area contributed by atoms with Gasteiger partial charge >= 0.3 is 5.97 Å². The summed E-state index contributed by atoms with van der Waals surface area (Å²) in [6, 6.07) is 0.271. The summed E-state index contributed by atoms with van der Waals surface area (Å²) in [4.78, 5) is 12.7. The summed E-state index contributed by atoms with van der Waals surface area (Å²) in [6.45, 7) is 4.20. The van der Waals surface area contributed by atoms with E-state index >= 15 is 0 Å². The van der Waals surface area contributed by atoms with Gasteiger partial charge in [0.2, 0.25) is 10.0 Å². The Morgan fingerprint density at radius 2 is 1.95 bits per heavy atom. The van der Waals surface area contributed by atoms with E-state index in [9.17, 15) is 13.2 Å². The first-order valence-electron chi connectivity index (χ1n) is 7.00. The minimum atomic E-state index is -3.32. The first-order chi connectivity index (χ1) is 9.49. The van der Waals surface area contributed by atoms with Gasteiger partial charge in [-0.05, 0) is 12.8 Å². The predicted molar refractivity (Wildman–Crippen MR) is 73.0 cm³/mol. The molecule has 7 nitrogen and oxygen atoms in total. The summed E-state index contributed by atoms with van der Waals surface area (Å²) in [7, 11) is -3.32. The lowest BCUT2D eigenvalue weighted by molar-refractivity contribution is -0.137. The summed E-state index contributed by atoms with van der Waals surface area (Å²) >= 11 is 0. The quantitative estimate of drug-likeness (QED) is 0.718. The number of carbonyl (C=O) groups is 1. The third-order valence-electron chi connectivity index (χ3n) is 3.87. The Morgan fingerprint density at radius 1 is 1.25 bits per heavy atom.